The van der Waals surface area contributed by atoms with Crippen molar-refractivity contribution >= 4 is 46.8 Å². The van der Waals surface area contributed by atoms with Crippen LogP contribution in [0.25, 0.3) is 6.08 Å². The smallest absolute Gasteiger partial charge is 0.265 e. The zero-order valence-electron chi connectivity index (χ0n) is 15.2. The molecule has 9 heteroatoms. The summed E-state index contributed by atoms with van der Waals surface area (Å²) in [7, 11) is 1.71. The zero-order valence-corrected chi connectivity index (χ0v) is 16.8. The Bertz CT molecular complexity index is 1010. The van der Waals surface area contributed by atoms with Gasteiger partial charge < -0.3 is 4.74 Å². The molecule has 2 heterocycles. The van der Waals surface area contributed by atoms with E-state index in [9.17, 15) is 9.59 Å². The number of halogens is 1. The van der Waals surface area contributed by atoms with Gasteiger partial charge in [0.05, 0.1) is 11.3 Å². The topological polar surface area (TPSA) is 76.5 Å². The number of carbonyl (C=O) groups excluding carboxylic acids is 2. The van der Waals surface area contributed by atoms with Crippen molar-refractivity contribution in [3.05, 3.63) is 58.8 Å². The van der Waals surface area contributed by atoms with E-state index in [4.69, 9.17) is 28.6 Å². The van der Waals surface area contributed by atoms with E-state index in [0.717, 1.165) is 0 Å². The maximum atomic E-state index is 12.7. The Morgan fingerprint density at radius 1 is 1.32 bits per heavy atom. The normalized spacial score (nSPS) is 15.8. The van der Waals surface area contributed by atoms with E-state index < -0.39 is 11.8 Å². The number of nitrogens with zero attached hydrogens (tertiary/aromatic N) is 3. The monoisotopic (exact) mass is 416 g/mol. The Morgan fingerprint density at radius 3 is 2.64 bits per heavy atom. The Balaban J connectivity index is 2.02. The first-order valence-corrected chi connectivity index (χ1v) is 9.07. The van der Waals surface area contributed by atoms with Crippen molar-refractivity contribution in [1.29, 1.82) is 0 Å². The molecule has 3 rings (SSSR count). The first kappa shape index (κ1) is 19.8. The van der Waals surface area contributed by atoms with E-state index in [1.165, 1.54) is 21.7 Å². The first-order chi connectivity index (χ1) is 13.3. The highest BCUT2D eigenvalue weighted by atomic mass is 35.5. The van der Waals surface area contributed by atoms with Gasteiger partial charge in [-0.2, -0.15) is 5.10 Å². The number of thiocarbonyl (C=S) groups is 1. The van der Waals surface area contributed by atoms with Crippen LogP contribution in [-0.4, -0.2) is 38.2 Å². The van der Waals surface area contributed by atoms with Gasteiger partial charge in [0, 0.05) is 18.6 Å². The van der Waals surface area contributed by atoms with Gasteiger partial charge in [-0.3, -0.25) is 19.8 Å². The van der Waals surface area contributed by atoms with E-state index in [1.807, 2.05) is 0 Å². The number of hydrogen-bond acceptors (Lipinski definition) is 5. The van der Waals surface area contributed by atoms with Crippen LogP contribution in [0.3, 0.4) is 0 Å². The number of aryl methyl sites for hydroxylation is 2. The minimum atomic E-state index is -0.573. The molecule has 1 aliphatic heterocycles. The van der Waals surface area contributed by atoms with Crippen molar-refractivity contribution in [2.24, 2.45) is 7.05 Å². The fourth-order valence-electron chi connectivity index (χ4n) is 2.69. The molecule has 2 amide bonds. The molecule has 0 spiro atoms. The Labute approximate surface area is 172 Å². The lowest BCUT2D eigenvalue weighted by molar-refractivity contribution is -0.128. The van der Waals surface area contributed by atoms with Crippen molar-refractivity contribution in [2.45, 2.75) is 6.92 Å². The van der Waals surface area contributed by atoms with Gasteiger partial charge in [0.25, 0.3) is 11.8 Å². The van der Waals surface area contributed by atoms with Gasteiger partial charge >= 0.3 is 0 Å². The third-order valence-corrected chi connectivity index (χ3v) is 4.60. The molecule has 7 nitrogen and oxygen atoms in total. The lowest BCUT2D eigenvalue weighted by Crippen LogP contribution is -2.53. The number of amides is 2. The van der Waals surface area contributed by atoms with Crippen LogP contribution >= 0.6 is 23.8 Å². The maximum Gasteiger partial charge on any atom is 0.265 e. The molecule has 1 fully saturated rings. The van der Waals surface area contributed by atoms with Crippen LogP contribution in [0.15, 0.2) is 42.5 Å². The second kappa shape index (κ2) is 7.95. The molecule has 28 heavy (non-hydrogen) atoms. The average Bonchev–Trinajstić information content (AvgIpc) is 2.90. The molecule has 144 valence electrons. The number of nitrogens with one attached hydrogen (secondary N) is 1. The quantitative estimate of drug-likeness (QED) is 0.351. The molecule has 0 unspecified atom stereocenters. The zero-order chi connectivity index (χ0) is 20.4. The van der Waals surface area contributed by atoms with E-state index in [-0.39, 0.29) is 17.2 Å². The van der Waals surface area contributed by atoms with Gasteiger partial charge in [0.2, 0.25) is 5.88 Å². The average molecular weight is 417 g/mol. The van der Waals surface area contributed by atoms with E-state index in [0.29, 0.717) is 27.9 Å². The van der Waals surface area contributed by atoms with E-state index in [1.54, 1.807) is 38.2 Å². The number of carbonyl (C=O) groups is 2. The van der Waals surface area contributed by atoms with Crippen LogP contribution in [0, 0.1) is 6.92 Å². The van der Waals surface area contributed by atoms with Crippen molar-refractivity contribution in [2.75, 3.05) is 6.54 Å². The summed E-state index contributed by atoms with van der Waals surface area (Å²) in [6.07, 6.45) is 2.99. The summed E-state index contributed by atoms with van der Waals surface area (Å²) < 4.78 is 7.46. The summed E-state index contributed by atoms with van der Waals surface area (Å²) in [4.78, 5) is 26.4. The summed E-state index contributed by atoms with van der Waals surface area (Å²) in [5.74, 6) is -0.150. The number of benzene rings is 1. The summed E-state index contributed by atoms with van der Waals surface area (Å²) >= 11 is 11.0. The van der Waals surface area contributed by atoms with Gasteiger partial charge in [-0.25, -0.2) is 4.68 Å². The molecule has 1 aliphatic rings. The highest BCUT2D eigenvalue weighted by molar-refractivity contribution is 7.80. The molecule has 1 aromatic carbocycles. The van der Waals surface area contributed by atoms with Crippen molar-refractivity contribution in [1.82, 2.24) is 20.0 Å². The highest BCUT2D eigenvalue weighted by Crippen LogP contribution is 2.30. The second-order valence-electron chi connectivity index (χ2n) is 6.01. The van der Waals surface area contributed by atoms with Gasteiger partial charge in [-0.15, -0.1) is 6.58 Å². The Kier molecular flexibility index (Phi) is 5.62. The lowest BCUT2D eigenvalue weighted by atomic mass is 10.1. The molecule has 0 radical (unpaired) electrons. The third-order valence-electron chi connectivity index (χ3n) is 4.03. The van der Waals surface area contributed by atoms with Crippen LogP contribution in [0.5, 0.6) is 11.6 Å². The van der Waals surface area contributed by atoms with Crippen molar-refractivity contribution in [3.8, 4) is 11.6 Å². The molecule has 0 atom stereocenters. The second-order valence-corrected chi connectivity index (χ2v) is 6.83. The number of hydrogen-bond donors (Lipinski definition) is 1. The van der Waals surface area contributed by atoms with Crippen molar-refractivity contribution in [3.63, 3.8) is 0 Å². The molecule has 1 aromatic heterocycles. The highest BCUT2D eigenvalue weighted by Gasteiger charge is 2.33. The van der Waals surface area contributed by atoms with Gasteiger partial charge in [0.15, 0.2) is 5.11 Å². The molecule has 1 N–H and O–H groups in total. The Hall–Kier alpha value is -2.97. The van der Waals surface area contributed by atoms with Gasteiger partial charge in [-0.05, 0) is 49.5 Å². The van der Waals surface area contributed by atoms with Crippen LogP contribution in [-0.2, 0) is 16.6 Å². The van der Waals surface area contributed by atoms with Gasteiger partial charge in [-0.1, -0.05) is 17.7 Å². The minimum Gasteiger partial charge on any atom is -0.439 e. The summed E-state index contributed by atoms with van der Waals surface area (Å²) in [5, 5.41) is 7.48. The maximum absolute atomic E-state index is 12.7. The van der Waals surface area contributed by atoms with Crippen LogP contribution in [0.4, 0.5) is 0 Å². The van der Waals surface area contributed by atoms with E-state index in [2.05, 4.69) is 17.0 Å². The molecule has 0 bridgehead atoms. The fraction of sp³-hybridized carbons (Fsp3) is 0.158. The summed E-state index contributed by atoms with van der Waals surface area (Å²) in [5.41, 5.74) is 1.05. The minimum absolute atomic E-state index is 0.0487. The van der Waals surface area contributed by atoms with Crippen LogP contribution in [0.1, 0.15) is 11.3 Å². The van der Waals surface area contributed by atoms with E-state index >= 15 is 0 Å². The molecule has 0 aliphatic carbocycles. The molecule has 0 saturated carbocycles. The largest absolute Gasteiger partial charge is 0.439 e. The van der Waals surface area contributed by atoms with Crippen LogP contribution < -0.4 is 10.1 Å². The number of ether oxygens (including phenoxy) is 1. The third kappa shape index (κ3) is 3.83. The van der Waals surface area contributed by atoms with Gasteiger partial charge in [0.1, 0.15) is 11.3 Å². The molecule has 2 aromatic rings. The number of rotatable bonds is 5. The molecular formula is C19H17ClN4O3S. The van der Waals surface area contributed by atoms with Crippen LogP contribution in [0.2, 0.25) is 5.02 Å². The summed E-state index contributed by atoms with van der Waals surface area (Å²) in [6, 6.07) is 6.82. The fourth-order valence-corrected chi connectivity index (χ4v) is 3.06. The first-order valence-electron chi connectivity index (χ1n) is 8.28. The molecule has 1 saturated heterocycles. The van der Waals surface area contributed by atoms with Crippen molar-refractivity contribution < 1.29 is 14.3 Å². The lowest BCUT2D eigenvalue weighted by Gasteiger charge is -2.27. The summed E-state index contributed by atoms with van der Waals surface area (Å²) in [6.45, 7) is 5.56. The molecular weight excluding hydrogens is 400 g/mol. The predicted octanol–water partition coefficient (Wildman–Crippen LogP) is 2.99. The standard InChI is InChI=1S/C19H17ClN4O3S/c1-4-9-24-17(26)15(16(25)21-19(24)28)10-14-11(2)22-23(3)18(14)27-13-7-5-12(20)6-8-13/h4-8,10H,1,9H2,2-3H3,(H,21,25,28). The predicted molar refractivity (Wildman–Crippen MR) is 110 cm³/mol. The Morgan fingerprint density at radius 2 is 2.00 bits per heavy atom. The number of aromatic nitrogens is 2. The SMILES string of the molecule is C=CCN1C(=O)C(=Cc2c(C)nn(C)c2Oc2ccc(Cl)cc2)C(=O)NC1=S.